The second-order valence-corrected chi connectivity index (χ2v) is 9.95. The van der Waals surface area contributed by atoms with E-state index < -0.39 is 26.7 Å². The quantitative estimate of drug-likeness (QED) is 0.362. The Hall–Kier alpha value is -4.05. The summed E-state index contributed by atoms with van der Waals surface area (Å²) in [5.74, 6) is -0.478. The summed E-state index contributed by atoms with van der Waals surface area (Å²) in [5, 5.41) is 2.18. The lowest BCUT2D eigenvalue weighted by molar-refractivity contribution is 0.102. The van der Waals surface area contributed by atoms with Crippen molar-refractivity contribution in [2.45, 2.75) is 25.2 Å². The van der Waals surface area contributed by atoms with Crippen LogP contribution in [0.25, 0.3) is 0 Å². The average Bonchev–Trinajstić information content (AvgIpc) is 3.34. The Morgan fingerprint density at radius 1 is 1.06 bits per heavy atom. The molecule has 2 heterocycles. The summed E-state index contributed by atoms with van der Waals surface area (Å²) in [4.78, 5) is 23.2. The van der Waals surface area contributed by atoms with Crippen LogP contribution in [0.2, 0.25) is 0 Å². The Bertz CT molecular complexity index is 1420. The number of sulfone groups is 1. The van der Waals surface area contributed by atoms with Crippen LogP contribution in [0, 0.1) is 12.7 Å². The van der Waals surface area contributed by atoms with Gasteiger partial charge in [0.25, 0.3) is 5.91 Å². The van der Waals surface area contributed by atoms with Crippen LogP contribution >= 0.6 is 0 Å². The van der Waals surface area contributed by atoms with Crippen LogP contribution in [0.15, 0.2) is 82.7 Å². The molecule has 0 aliphatic rings. The SMILES string of the molecule is Cc1ccc(CN(Cc2ccco2)c2cnc(S(C)(=O)=O)nc2C(=O)Nc2ccc(F)cc2)cc1. The van der Waals surface area contributed by atoms with Gasteiger partial charge in [-0.25, -0.2) is 22.8 Å². The third-order valence-corrected chi connectivity index (χ3v) is 6.02. The van der Waals surface area contributed by atoms with Crippen molar-refractivity contribution in [2.75, 3.05) is 16.5 Å². The number of benzene rings is 2. The van der Waals surface area contributed by atoms with Crippen molar-refractivity contribution in [3.8, 4) is 0 Å². The van der Waals surface area contributed by atoms with Crippen LogP contribution in [-0.2, 0) is 22.9 Å². The van der Waals surface area contributed by atoms with Gasteiger partial charge in [0.15, 0.2) is 5.69 Å². The molecular weight excluding hydrogens is 471 g/mol. The van der Waals surface area contributed by atoms with Gasteiger partial charge in [0.05, 0.1) is 24.7 Å². The molecule has 0 aliphatic heterocycles. The smallest absolute Gasteiger partial charge is 0.276 e. The first-order valence-corrected chi connectivity index (χ1v) is 12.5. The lowest BCUT2D eigenvalue weighted by atomic mass is 10.1. The molecule has 0 unspecified atom stereocenters. The molecule has 180 valence electrons. The maximum atomic E-state index is 13.3. The molecule has 8 nitrogen and oxygen atoms in total. The molecule has 4 rings (SSSR count). The van der Waals surface area contributed by atoms with Gasteiger partial charge in [0.2, 0.25) is 15.0 Å². The molecule has 0 fully saturated rings. The highest BCUT2D eigenvalue weighted by atomic mass is 32.2. The minimum absolute atomic E-state index is 0.136. The van der Waals surface area contributed by atoms with Crippen LogP contribution in [0.4, 0.5) is 15.8 Å². The predicted molar refractivity (Wildman–Crippen MR) is 129 cm³/mol. The van der Waals surface area contributed by atoms with Crippen molar-refractivity contribution >= 4 is 27.1 Å². The molecule has 0 radical (unpaired) electrons. The zero-order valence-electron chi connectivity index (χ0n) is 19.1. The van der Waals surface area contributed by atoms with Crippen LogP contribution < -0.4 is 10.2 Å². The summed E-state index contributed by atoms with van der Waals surface area (Å²) >= 11 is 0. The first-order valence-electron chi connectivity index (χ1n) is 10.7. The van der Waals surface area contributed by atoms with Crippen molar-refractivity contribution in [1.82, 2.24) is 9.97 Å². The molecule has 0 saturated carbocycles. The number of nitrogens with zero attached hydrogens (tertiary/aromatic N) is 3. The number of hydrogen-bond acceptors (Lipinski definition) is 7. The number of hydrogen-bond donors (Lipinski definition) is 1. The molecular formula is C25H23FN4O4S. The van der Waals surface area contributed by atoms with Gasteiger partial charge in [-0.3, -0.25) is 4.79 Å². The Labute approximate surface area is 202 Å². The predicted octanol–water partition coefficient (Wildman–Crippen LogP) is 4.38. The van der Waals surface area contributed by atoms with E-state index in [0.717, 1.165) is 17.4 Å². The number of carbonyl (C=O) groups is 1. The topological polar surface area (TPSA) is 105 Å². The number of amides is 1. The minimum atomic E-state index is -3.78. The number of carbonyl (C=O) groups excluding carboxylic acids is 1. The second-order valence-electron chi connectivity index (χ2n) is 8.04. The summed E-state index contributed by atoms with van der Waals surface area (Å²) in [5.41, 5.74) is 2.57. The number of aryl methyl sites for hydroxylation is 1. The van der Waals surface area contributed by atoms with Crippen LogP contribution in [-0.4, -0.2) is 30.5 Å². The normalized spacial score (nSPS) is 11.3. The van der Waals surface area contributed by atoms with Gasteiger partial charge >= 0.3 is 0 Å². The van der Waals surface area contributed by atoms with E-state index in [2.05, 4.69) is 15.3 Å². The van der Waals surface area contributed by atoms with Crippen LogP contribution in [0.5, 0.6) is 0 Å². The van der Waals surface area contributed by atoms with E-state index in [1.807, 2.05) is 36.1 Å². The highest BCUT2D eigenvalue weighted by Crippen LogP contribution is 2.25. The Morgan fingerprint density at radius 3 is 2.40 bits per heavy atom. The Morgan fingerprint density at radius 2 is 1.77 bits per heavy atom. The summed E-state index contributed by atoms with van der Waals surface area (Å²) < 4.78 is 43.1. The highest BCUT2D eigenvalue weighted by molar-refractivity contribution is 7.90. The van der Waals surface area contributed by atoms with Crippen molar-refractivity contribution in [2.24, 2.45) is 0 Å². The molecule has 0 aliphatic carbocycles. The van der Waals surface area contributed by atoms with Gasteiger partial charge in [-0.05, 0) is 48.9 Å². The maximum Gasteiger partial charge on any atom is 0.276 e. The molecule has 2 aromatic heterocycles. The molecule has 0 bridgehead atoms. The molecule has 0 spiro atoms. The van der Waals surface area contributed by atoms with Gasteiger partial charge in [-0.2, -0.15) is 0 Å². The number of furan rings is 1. The third-order valence-electron chi connectivity index (χ3n) is 5.16. The minimum Gasteiger partial charge on any atom is -0.467 e. The molecule has 10 heteroatoms. The number of aromatic nitrogens is 2. The molecule has 1 N–H and O–H groups in total. The number of rotatable bonds is 8. The van der Waals surface area contributed by atoms with Gasteiger partial charge < -0.3 is 14.6 Å². The van der Waals surface area contributed by atoms with E-state index in [1.165, 1.54) is 30.5 Å². The van der Waals surface area contributed by atoms with Gasteiger partial charge in [-0.15, -0.1) is 0 Å². The fourth-order valence-electron chi connectivity index (χ4n) is 3.39. The molecule has 35 heavy (non-hydrogen) atoms. The summed E-state index contributed by atoms with van der Waals surface area (Å²) in [6, 6.07) is 16.7. The van der Waals surface area contributed by atoms with Crippen LogP contribution in [0.1, 0.15) is 27.4 Å². The molecule has 1 amide bonds. The first kappa shape index (κ1) is 24.1. The maximum absolute atomic E-state index is 13.3. The zero-order valence-corrected chi connectivity index (χ0v) is 19.9. The van der Waals surface area contributed by atoms with E-state index in [0.29, 0.717) is 23.7 Å². The number of nitrogens with one attached hydrogen (secondary N) is 1. The Kier molecular flexibility index (Phi) is 6.92. The first-order chi connectivity index (χ1) is 16.7. The van der Waals surface area contributed by atoms with Gasteiger partial charge in [0.1, 0.15) is 11.6 Å². The standard InChI is InChI=1S/C25H23FN4O4S/c1-17-5-7-18(8-6-17)15-30(16-21-4-3-13-34-21)22-14-27-25(35(2,32)33)29-23(22)24(31)28-20-11-9-19(26)10-12-20/h3-14H,15-16H2,1-2H3,(H,28,31). The highest BCUT2D eigenvalue weighted by Gasteiger charge is 2.24. The second kappa shape index (κ2) is 10.1. The average molecular weight is 495 g/mol. The molecule has 0 saturated heterocycles. The van der Waals surface area contributed by atoms with Gasteiger partial charge in [-0.1, -0.05) is 29.8 Å². The van der Waals surface area contributed by atoms with Crippen molar-refractivity contribution in [3.63, 3.8) is 0 Å². The van der Waals surface area contributed by atoms with Gasteiger partial charge in [0, 0.05) is 18.5 Å². The zero-order chi connectivity index (χ0) is 25.0. The molecule has 2 aromatic carbocycles. The van der Waals surface area contributed by atoms with Crippen molar-refractivity contribution < 1.29 is 22.0 Å². The van der Waals surface area contributed by atoms with Crippen molar-refractivity contribution in [3.05, 3.63) is 102 Å². The van der Waals surface area contributed by atoms with Crippen molar-refractivity contribution in [1.29, 1.82) is 0 Å². The molecule has 0 atom stereocenters. The van der Waals surface area contributed by atoms with Crippen LogP contribution in [0.3, 0.4) is 0 Å². The fourth-order valence-corrected chi connectivity index (χ4v) is 3.89. The summed E-state index contributed by atoms with van der Waals surface area (Å²) in [6.07, 6.45) is 3.83. The lowest BCUT2D eigenvalue weighted by Gasteiger charge is -2.25. The fraction of sp³-hybridized carbons (Fsp3) is 0.160. The van der Waals surface area contributed by atoms with E-state index >= 15 is 0 Å². The van der Waals surface area contributed by atoms with E-state index in [4.69, 9.17) is 4.42 Å². The van der Waals surface area contributed by atoms with E-state index in [-0.39, 0.29) is 12.2 Å². The van der Waals surface area contributed by atoms with E-state index in [9.17, 15) is 17.6 Å². The number of anilines is 2. The lowest BCUT2D eigenvalue weighted by Crippen LogP contribution is -2.27. The summed E-state index contributed by atoms with van der Waals surface area (Å²) in [7, 11) is -3.78. The monoisotopic (exact) mass is 494 g/mol. The summed E-state index contributed by atoms with van der Waals surface area (Å²) in [6.45, 7) is 2.64. The Balaban J connectivity index is 1.77. The number of halogens is 1. The third kappa shape index (κ3) is 6.10. The van der Waals surface area contributed by atoms with E-state index in [1.54, 1.807) is 18.4 Å². The largest absolute Gasteiger partial charge is 0.467 e. The molecule has 4 aromatic rings.